The molecule has 0 fully saturated rings. The van der Waals surface area contributed by atoms with Gasteiger partial charge in [-0.2, -0.15) is 0 Å². The van der Waals surface area contributed by atoms with Crippen molar-refractivity contribution in [2.75, 3.05) is 0 Å². The molecule has 0 saturated carbocycles. The predicted molar refractivity (Wildman–Crippen MR) is 80.0 cm³/mol. The Bertz CT molecular complexity index is 671. The van der Waals surface area contributed by atoms with Crippen LogP contribution in [-0.4, -0.2) is 5.78 Å². The van der Waals surface area contributed by atoms with E-state index in [1.807, 2.05) is 0 Å². The van der Waals surface area contributed by atoms with Crippen LogP contribution in [0.5, 0.6) is 0 Å². The molecule has 0 heterocycles. The van der Waals surface area contributed by atoms with E-state index in [1.54, 1.807) is 0 Å². The largest absolute Gasteiger partial charge is 0.299 e. The van der Waals surface area contributed by atoms with Gasteiger partial charge in [0, 0.05) is 12.3 Å². The summed E-state index contributed by atoms with van der Waals surface area (Å²) in [5.41, 5.74) is 5.48. The van der Waals surface area contributed by atoms with Crippen LogP contribution in [0.25, 0.3) is 0 Å². The Morgan fingerprint density at radius 3 is 2.45 bits per heavy atom. The van der Waals surface area contributed by atoms with Crippen molar-refractivity contribution in [3.05, 3.63) is 70.8 Å². The van der Waals surface area contributed by atoms with E-state index >= 15 is 0 Å². The number of carbonyl (C=O) groups excluding carboxylic acids is 1. The van der Waals surface area contributed by atoms with Gasteiger partial charge >= 0.3 is 0 Å². The monoisotopic (exact) mass is 262 g/mol. The SMILES string of the molecule is O=C(CC1Cc2ccccc21)C1CCc2ccccc21. The zero-order valence-electron chi connectivity index (χ0n) is 11.5. The lowest BCUT2D eigenvalue weighted by molar-refractivity contribution is -0.121. The molecule has 20 heavy (non-hydrogen) atoms. The second-order valence-electron chi connectivity index (χ2n) is 6.06. The van der Waals surface area contributed by atoms with Crippen LogP contribution in [0.1, 0.15) is 46.9 Å². The summed E-state index contributed by atoms with van der Waals surface area (Å²) in [4.78, 5) is 12.6. The number of rotatable bonds is 3. The summed E-state index contributed by atoms with van der Waals surface area (Å²) in [5, 5.41) is 0. The van der Waals surface area contributed by atoms with Crippen LogP contribution >= 0.6 is 0 Å². The Morgan fingerprint density at radius 1 is 0.950 bits per heavy atom. The van der Waals surface area contributed by atoms with Gasteiger partial charge in [0.15, 0.2) is 0 Å². The lowest BCUT2D eigenvalue weighted by atomic mass is 9.73. The van der Waals surface area contributed by atoms with Gasteiger partial charge < -0.3 is 0 Å². The second-order valence-corrected chi connectivity index (χ2v) is 6.06. The van der Waals surface area contributed by atoms with E-state index in [1.165, 1.54) is 22.3 Å². The number of hydrogen-bond donors (Lipinski definition) is 0. The quantitative estimate of drug-likeness (QED) is 0.816. The summed E-state index contributed by atoms with van der Waals surface area (Å²) in [6.07, 6.45) is 3.87. The second kappa shape index (κ2) is 4.59. The van der Waals surface area contributed by atoms with E-state index in [-0.39, 0.29) is 5.92 Å². The molecule has 0 bridgehead atoms. The summed E-state index contributed by atoms with van der Waals surface area (Å²) in [6, 6.07) is 17.0. The fourth-order valence-electron chi connectivity index (χ4n) is 3.82. The molecule has 0 spiro atoms. The fourth-order valence-corrected chi connectivity index (χ4v) is 3.82. The van der Waals surface area contributed by atoms with Gasteiger partial charge in [0.25, 0.3) is 0 Å². The molecule has 0 N–H and O–H groups in total. The first kappa shape index (κ1) is 11.9. The fraction of sp³-hybridized carbons (Fsp3) is 0.316. The minimum absolute atomic E-state index is 0.152. The summed E-state index contributed by atoms with van der Waals surface area (Å²) in [6.45, 7) is 0. The van der Waals surface area contributed by atoms with Crippen LogP contribution < -0.4 is 0 Å². The number of hydrogen-bond acceptors (Lipinski definition) is 1. The lowest BCUT2D eigenvalue weighted by Gasteiger charge is -2.30. The van der Waals surface area contributed by atoms with Gasteiger partial charge in [0.05, 0.1) is 0 Å². The minimum atomic E-state index is 0.152. The molecule has 0 saturated heterocycles. The van der Waals surface area contributed by atoms with Gasteiger partial charge in [-0.25, -0.2) is 0 Å². The Kier molecular flexibility index (Phi) is 2.73. The van der Waals surface area contributed by atoms with E-state index < -0.39 is 0 Å². The number of carbonyl (C=O) groups is 1. The average molecular weight is 262 g/mol. The van der Waals surface area contributed by atoms with E-state index in [2.05, 4.69) is 48.5 Å². The van der Waals surface area contributed by atoms with Crippen molar-refractivity contribution >= 4 is 5.78 Å². The zero-order chi connectivity index (χ0) is 13.5. The van der Waals surface area contributed by atoms with Crippen LogP contribution in [0.3, 0.4) is 0 Å². The van der Waals surface area contributed by atoms with Crippen LogP contribution in [0.15, 0.2) is 48.5 Å². The number of ketones is 1. The number of aryl methyl sites for hydroxylation is 1. The molecule has 2 unspecified atom stereocenters. The molecule has 2 aliphatic carbocycles. The van der Waals surface area contributed by atoms with Crippen molar-refractivity contribution in [2.24, 2.45) is 0 Å². The molecule has 2 aliphatic rings. The third-order valence-corrected chi connectivity index (χ3v) is 4.93. The smallest absolute Gasteiger partial charge is 0.140 e. The van der Waals surface area contributed by atoms with Gasteiger partial charge in [-0.15, -0.1) is 0 Å². The summed E-state index contributed by atoms with van der Waals surface area (Å²) in [7, 11) is 0. The van der Waals surface area contributed by atoms with Gasteiger partial charge in [0.1, 0.15) is 5.78 Å². The molecule has 2 atom stereocenters. The number of Topliss-reactive ketones (excluding diaryl/α,β-unsaturated/α-hetero) is 1. The maximum absolute atomic E-state index is 12.6. The number of benzene rings is 2. The summed E-state index contributed by atoms with van der Waals surface area (Å²) >= 11 is 0. The van der Waals surface area contributed by atoms with Crippen molar-refractivity contribution in [1.82, 2.24) is 0 Å². The van der Waals surface area contributed by atoms with E-state index in [4.69, 9.17) is 0 Å². The third kappa shape index (κ3) is 1.81. The molecular weight excluding hydrogens is 244 g/mol. The van der Waals surface area contributed by atoms with Crippen LogP contribution in [0, 0.1) is 0 Å². The van der Waals surface area contributed by atoms with Gasteiger partial charge in [0.2, 0.25) is 0 Å². The van der Waals surface area contributed by atoms with Crippen molar-refractivity contribution < 1.29 is 4.79 Å². The molecule has 1 nitrogen and oxygen atoms in total. The maximum Gasteiger partial charge on any atom is 0.140 e. The Labute approximate surface area is 119 Å². The average Bonchev–Trinajstić information content (AvgIpc) is 2.88. The molecule has 2 aromatic carbocycles. The van der Waals surface area contributed by atoms with Crippen LogP contribution in [0.2, 0.25) is 0 Å². The molecule has 2 aromatic rings. The molecule has 4 rings (SSSR count). The van der Waals surface area contributed by atoms with E-state index in [9.17, 15) is 4.79 Å². The van der Waals surface area contributed by atoms with Crippen molar-refractivity contribution in [2.45, 2.75) is 37.5 Å². The first-order chi connectivity index (χ1) is 9.83. The first-order valence-electron chi connectivity index (χ1n) is 7.51. The van der Waals surface area contributed by atoms with Gasteiger partial charge in [-0.1, -0.05) is 48.5 Å². The molecule has 0 amide bonds. The Balaban J connectivity index is 1.51. The first-order valence-corrected chi connectivity index (χ1v) is 7.51. The topological polar surface area (TPSA) is 17.1 Å². The normalized spacial score (nSPS) is 22.8. The highest BCUT2D eigenvalue weighted by Crippen LogP contribution is 2.41. The highest BCUT2D eigenvalue weighted by molar-refractivity contribution is 5.88. The molecule has 0 aromatic heterocycles. The Morgan fingerprint density at radius 2 is 1.65 bits per heavy atom. The highest BCUT2D eigenvalue weighted by Gasteiger charge is 2.33. The number of fused-ring (bicyclic) bond motifs is 2. The van der Waals surface area contributed by atoms with Crippen LogP contribution in [0.4, 0.5) is 0 Å². The molecule has 0 radical (unpaired) electrons. The van der Waals surface area contributed by atoms with E-state index in [0.29, 0.717) is 11.7 Å². The summed E-state index contributed by atoms with van der Waals surface area (Å²) in [5.74, 6) is 1.06. The summed E-state index contributed by atoms with van der Waals surface area (Å²) < 4.78 is 0. The Hall–Kier alpha value is -1.89. The van der Waals surface area contributed by atoms with Crippen molar-refractivity contribution in [1.29, 1.82) is 0 Å². The maximum atomic E-state index is 12.6. The van der Waals surface area contributed by atoms with Crippen molar-refractivity contribution in [3.63, 3.8) is 0 Å². The minimum Gasteiger partial charge on any atom is -0.299 e. The molecular formula is C19H18O. The third-order valence-electron chi connectivity index (χ3n) is 4.93. The molecule has 1 heteroatoms. The van der Waals surface area contributed by atoms with E-state index in [0.717, 1.165) is 25.7 Å². The van der Waals surface area contributed by atoms with Gasteiger partial charge in [-0.3, -0.25) is 4.79 Å². The van der Waals surface area contributed by atoms with Gasteiger partial charge in [-0.05, 0) is 47.4 Å². The molecule has 0 aliphatic heterocycles. The highest BCUT2D eigenvalue weighted by atomic mass is 16.1. The van der Waals surface area contributed by atoms with Crippen LogP contribution in [-0.2, 0) is 17.6 Å². The predicted octanol–water partition coefficient (Wildman–Crippen LogP) is 4.02. The van der Waals surface area contributed by atoms with Crippen molar-refractivity contribution in [3.8, 4) is 0 Å². The zero-order valence-corrected chi connectivity index (χ0v) is 11.5. The molecule has 100 valence electrons. The standard InChI is InChI=1S/C19H18O/c20-19(12-15-11-14-6-2-3-7-16(14)15)18-10-9-13-5-1-4-8-17(13)18/h1-8,15,18H,9-12H2. The lowest BCUT2D eigenvalue weighted by Crippen LogP contribution is -2.22.